The summed E-state index contributed by atoms with van der Waals surface area (Å²) in [4.78, 5) is 14.5. The van der Waals surface area contributed by atoms with E-state index in [1.165, 1.54) is 0 Å². The van der Waals surface area contributed by atoms with E-state index in [4.69, 9.17) is 10.8 Å². The second kappa shape index (κ2) is 5.23. The second-order valence-corrected chi connectivity index (χ2v) is 4.11. The number of hydrogen-bond donors (Lipinski definition) is 4. The summed E-state index contributed by atoms with van der Waals surface area (Å²) < 4.78 is 24.2. The first-order valence-corrected chi connectivity index (χ1v) is 5.60. The van der Waals surface area contributed by atoms with Gasteiger partial charge >= 0.3 is 0 Å². The lowest BCUT2D eigenvalue weighted by Crippen LogP contribution is -2.35. The summed E-state index contributed by atoms with van der Waals surface area (Å²) in [6, 6.07) is 6.76. The van der Waals surface area contributed by atoms with Gasteiger partial charge in [-0.05, 0) is 12.1 Å². The molecule has 1 heterocycles. The molecule has 0 aliphatic rings. The number of aliphatic hydroxyl groups is 1. The number of nitrogens with one attached hydrogen (secondary N) is 2. The predicted molar refractivity (Wildman–Crippen MR) is 67.1 cm³/mol. The lowest BCUT2D eigenvalue weighted by atomic mass is 10.2. The molecule has 0 spiro atoms. The molecule has 1 amide bonds. The summed E-state index contributed by atoms with van der Waals surface area (Å²) in [5.74, 6) is -0.574. The number of aromatic nitrogens is 1. The number of aromatic amines is 1. The first-order valence-electron chi connectivity index (χ1n) is 5.60. The van der Waals surface area contributed by atoms with Gasteiger partial charge in [0, 0.05) is 11.9 Å². The number of H-pyrrole nitrogens is 1. The molecule has 0 radical (unpaired) electrons. The average molecular weight is 269 g/mol. The van der Waals surface area contributed by atoms with Crippen molar-refractivity contribution < 1.29 is 18.7 Å². The molecule has 0 fully saturated rings. The number of nitrogen functional groups attached to an aromatic ring is 1. The molecule has 0 saturated heterocycles. The Morgan fingerprint density at radius 1 is 1.47 bits per heavy atom. The third-order valence-electron chi connectivity index (χ3n) is 2.70. The third kappa shape index (κ3) is 2.82. The number of carbonyl (C=O) groups excluding carboxylic acids is 1. The quantitative estimate of drug-likeness (QED) is 0.626. The molecule has 1 atom stereocenters. The lowest BCUT2D eigenvalue weighted by molar-refractivity contribution is -0.00272. The summed E-state index contributed by atoms with van der Waals surface area (Å²) in [5, 5.41) is 11.9. The summed E-state index contributed by atoms with van der Waals surface area (Å²) in [6.45, 7) is -0.513. The zero-order chi connectivity index (χ0) is 14.0. The minimum atomic E-state index is -2.89. The maximum absolute atomic E-state index is 12.1. The van der Waals surface area contributed by atoms with Gasteiger partial charge in [0.1, 0.15) is 11.8 Å². The molecule has 1 aromatic heterocycles. The van der Waals surface area contributed by atoms with Gasteiger partial charge in [-0.25, -0.2) is 8.78 Å². The molecule has 5 nitrogen and oxygen atoms in total. The largest absolute Gasteiger partial charge is 0.397 e. The van der Waals surface area contributed by atoms with E-state index in [2.05, 4.69) is 10.3 Å². The van der Waals surface area contributed by atoms with E-state index in [0.717, 1.165) is 5.39 Å². The van der Waals surface area contributed by atoms with Crippen LogP contribution >= 0.6 is 0 Å². The van der Waals surface area contributed by atoms with E-state index < -0.39 is 25.0 Å². The number of carbonyl (C=O) groups is 1. The number of aliphatic hydroxyl groups excluding tert-OH is 1. The molecule has 0 aliphatic heterocycles. The summed E-state index contributed by atoms with van der Waals surface area (Å²) in [7, 11) is 0. The van der Waals surface area contributed by atoms with Crippen LogP contribution in [0.3, 0.4) is 0 Å². The van der Waals surface area contributed by atoms with E-state index in [0.29, 0.717) is 11.2 Å². The highest BCUT2D eigenvalue weighted by molar-refractivity contribution is 6.00. The van der Waals surface area contributed by atoms with Crippen molar-refractivity contribution in [3.8, 4) is 0 Å². The van der Waals surface area contributed by atoms with E-state index in [1.807, 2.05) is 0 Å². The standard InChI is InChI=1S/C12H13F2N3O2/c13-11(14)9(18)5-16-12(19)8-4-6-2-1-3-7(15)10(6)17-8/h1-4,9,11,17-18H,5,15H2,(H,16,19). The fraction of sp³-hybridized carbons (Fsp3) is 0.250. The normalized spacial score (nSPS) is 12.8. The maximum atomic E-state index is 12.1. The molecule has 0 saturated carbocycles. The van der Waals surface area contributed by atoms with Crippen LogP contribution in [-0.2, 0) is 0 Å². The zero-order valence-electron chi connectivity index (χ0n) is 9.86. The van der Waals surface area contributed by atoms with E-state index in [1.54, 1.807) is 24.3 Å². The van der Waals surface area contributed by atoms with Crippen LogP contribution in [0, 0.1) is 0 Å². The van der Waals surface area contributed by atoms with Gasteiger partial charge in [0.05, 0.1) is 11.2 Å². The molecule has 5 N–H and O–H groups in total. The average Bonchev–Trinajstić information content (AvgIpc) is 2.80. The van der Waals surface area contributed by atoms with Gasteiger partial charge in [-0.1, -0.05) is 12.1 Å². The molecule has 2 rings (SSSR count). The Morgan fingerprint density at radius 2 is 2.21 bits per heavy atom. The Morgan fingerprint density at radius 3 is 2.84 bits per heavy atom. The van der Waals surface area contributed by atoms with Crippen molar-refractivity contribution in [2.24, 2.45) is 0 Å². The van der Waals surface area contributed by atoms with Crippen LogP contribution in [0.15, 0.2) is 24.3 Å². The molecular formula is C12H13F2N3O2. The van der Waals surface area contributed by atoms with E-state index in [9.17, 15) is 13.6 Å². The highest BCUT2D eigenvalue weighted by Crippen LogP contribution is 2.20. The molecule has 2 aromatic rings. The van der Waals surface area contributed by atoms with Crippen molar-refractivity contribution in [3.05, 3.63) is 30.0 Å². The van der Waals surface area contributed by atoms with Gasteiger partial charge in [0.2, 0.25) is 0 Å². The fourth-order valence-electron chi connectivity index (χ4n) is 1.68. The summed E-state index contributed by atoms with van der Waals surface area (Å²) in [6.07, 6.45) is -4.77. The van der Waals surface area contributed by atoms with Gasteiger partial charge < -0.3 is 21.1 Å². The molecule has 102 valence electrons. The van der Waals surface area contributed by atoms with Crippen LogP contribution in [0.4, 0.5) is 14.5 Å². The Labute approximate surface area is 107 Å². The van der Waals surface area contributed by atoms with Gasteiger partial charge in [-0.15, -0.1) is 0 Å². The Bertz CT molecular complexity index is 598. The molecule has 0 bridgehead atoms. The number of nitrogens with two attached hydrogens (primary N) is 1. The number of para-hydroxylation sites is 1. The number of alkyl halides is 2. The van der Waals surface area contributed by atoms with Gasteiger partial charge in [0.15, 0.2) is 0 Å². The van der Waals surface area contributed by atoms with Crippen LogP contribution in [0.5, 0.6) is 0 Å². The number of halogens is 2. The van der Waals surface area contributed by atoms with Crippen molar-refractivity contribution in [1.29, 1.82) is 0 Å². The maximum Gasteiger partial charge on any atom is 0.267 e. The van der Waals surface area contributed by atoms with Gasteiger partial charge in [-0.2, -0.15) is 0 Å². The smallest absolute Gasteiger partial charge is 0.267 e. The lowest BCUT2D eigenvalue weighted by Gasteiger charge is -2.09. The van der Waals surface area contributed by atoms with E-state index >= 15 is 0 Å². The summed E-state index contributed by atoms with van der Waals surface area (Å²) >= 11 is 0. The number of benzene rings is 1. The fourth-order valence-corrected chi connectivity index (χ4v) is 1.68. The number of anilines is 1. The van der Waals surface area contributed by atoms with Crippen molar-refractivity contribution in [2.75, 3.05) is 12.3 Å². The molecule has 1 unspecified atom stereocenters. The van der Waals surface area contributed by atoms with Crippen LogP contribution < -0.4 is 11.1 Å². The highest BCUT2D eigenvalue weighted by atomic mass is 19.3. The first kappa shape index (κ1) is 13.3. The number of amides is 1. The first-order chi connectivity index (χ1) is 8.99. The van der Waals surface area contributed by atoms with Gasteiger partial charge in [-0.3, -0.25) is 4.79 Å². The number of fused-ring (bicyclic) bond motifs is 1. The number of hydrogen-bond acceptors (Lipinski definition) is 3. The minimum Gasteiger partial charge on any atom is -0.397 e. The molecule has 19 heavy (non-hydrogen) atoms. The van der Waals surface area contributed by atoms with E-state index in [-0.39, 0.29) is 5.69 Å². The van der Waals surface area contributed by atoms with Crippen LogP contribution in [0.2, 0.25) is 0 Å². The topological polar surface area (TPSA) is 91.1 Å². The Hall–Kier alpha value is -2.15. The third-order valence-corrected chi connectivity index (χ3v) is 2.70. The summed E-state index contributed by atoms with van der Waals surface area (Å²) in [5.41, 5.74) is 7.04. The highest BCUT2D eigenvalue weighted by Gasteiger charge is 2.18. The van der Waals surface area contributed by atoms with Crippen LogP contribution in [-0.4, -0.2) is 35.1 Å². The zero-order valence-corrected chi connectivity index (χ0v) is 9.86. The molecule has 0 aliphatic carbocycles. The predicted octanol–water partition coefficient (Wildman–Crippen LogP) is 1.11. The van der Waals surface area contributed by atoms with Gasteiger partial charge in [0.25, 0.3) is 12.3 Å². The van der Waals surface area contributed by atoms with Crippen molar-refractivity contribution in [2.45, 2.75) is 12.5 Å². The minimum absolute atomic E-state index is 0.203. The second-order valence-electron chi connectivity index (χ2n) is 4.11. The van der Waals surface area contributed by atoms with Crippen LogP contribution in [0.25, 0.3) is 10.9 Å². The van der Waals surface area contributed by atoms with Crippen molar-refractivity contribution in [1.82, 2.24) is 10.3 Å². The SMILES string of the molecule is Nc1cccc2cc(C(=O)NCC(O)C(F)F)[nH]c12. The Balaban J connectivity index is 2.12. The van der Waals surface area contributed by atoms with Crippen molar-refractivity contribution >= 4 is 22.5 Å². The molecular weight excluding hydrogens is 256 g/mol. The molecule has 1 aromatic carbocycles. The molecule has 7 heteroatoms. The van der Waals surface area contributed by atoms with Crippen molar-refractivity contribution in [3.63, 3.8) is 0 Å². The monoisotopic (exact) mass is 269 g/mol. The van der Waals surface area contributed by atoms with Crippen LogP contribution in [0.1, 0.15) is 10.5 Å². The number of rotatable bonds is 4. The Kier molecular flexibility index (Phi) is 3.66.